The Hall–Kier alpha value is -0.390. The first kappa shape index (κ1) is 17.0. The van der Waals surface area contributed by atoms with Crippen molar-refractivity contribution >= 4 is 56.3 Å². The molecule has 21 heavy (non-hydrogen) atoms. The van der Waals surface area contributed by atoms with E-state index in [1.54, 1.807) is 29.5 Å². The van der Waals surface area contributed by atoms with Crippen LogP contribution >= 0.6 is 50.5 Å². The number of hydrogen-bond donors (Lipinski definition) is 0. The predicted octanol–water partition coefficient (Wildman–Crippen LogP) is 5.52. The zero-order valence-electron chi connectivity index (χ0n) is 11.6. The molecule has 1 unspecified atom stereocenters. The number of benzene rings is 1. The van der Waals surface area contributed by atoms with Gasteiger partial charge in [0.2, 0.25) is 0 Å². The van der Waals surface area contributed by atoms with Crippen LogP contribution in [0.2, 0.25) is 10.0 Å². The van der Waals surface area contributed by atoms with E-state index >= 15 is 0 Å². The molecule has 0 N–H and O–H groups in total. The Kier molecular flexibility index (Phi) is 5.86. The topological polar surface area (TPSA) is 20.3 Å². The molecule has 0 amide bonds. The fourth-order valence-corrected chi connectivity index (χ4v) is 3.95. The smallest absolute Gasteiger partial charge is 0.181 e. The largest absolute Gasteiger partial charge is 0.292 e. The molecule has 0 fully saturated rings. The van der Waals surface area contributed by atoms with Gasteiger partial charge >= 0.3 is 0 Å². The molecule has 0 saturated carbocycles. The van der Waals surface area contributed by atoms with E-state index in [4.69, 9.17) is 23.2 Å². The highest BCUT2D eigenvalue weighted by Crippen LogP contribution is 2.25. The zero-order chi connectivity index (χ0) is 15.6. The third kappa shape index (κ3) is 4.30. The summed E-state index contributed by atoms with van der Waals surface area (Å²) >= 11 is 17.1. The van der Waals surface area contributed by atoms with Gasteiger partial charge in [-0.1, -0.05) is 23.2 Å². The molecular weight excluding hydrogens is 393 g/mol. The van der Waals surface area contributed by atoms with Crippen LogP contribution in [0.3, 0.4) is 0 Å². The highest BCUT2D eigenvalue weighted by molar-refractivity contribution is 9.10. The summed E-state index contributed by atoms with van der Waals surface area (Å²) in [5.41, 5.74) is 0.507. The van der Waals surface area contributed by atoms with Gasteiger partial charge in [0.05, 0.1) is 11.1 Å². The molecule has 2 aromatic rings. The third-order valence-electron chi connectivity index (χ3n) is 3.26. The molecule has 0 aliphatic heterocycles. The molecule has 0 aliphatic rings. The van der Waals surface area contributed by atoms with Crippen molar-refractivity contribution in [2.75, 3.05) is 7.05 Å². The van der Waals surface area contributed by atoms with Crippen molar-refractivity contribution in [3.63, 3.8) is 0 Å². The summed E-state index contributed by atoms with van der Waals surface area (Å²) in [6.45, 7) is 2.60. The van der Waals surface area contributed by atoms with Gasteiger partial charge in [0, 0.05) is 31.9 Å². The fourth-order valence-electron chi connectivity index (χ4n) is 1.93. The molecule has 0 spiro atoms. The second-order valence-corrected chi connectivity index (χ2v) is 7.57. The van der Waals surface area contributed by atoms with E-state index in [2.05, 4.69) is 22.0 Å². The lowest BCUT2D eigenvalue weighted by Gasteiger charge is -2.23. The van der Waals surface area contributed by atoms with Gasteiger partial charge in [-0.25, -0.2) is 0 Å². The van der Waals surface area contributed by atoms with Crippen molar-refractivity contribution in [2.24, 2.45) is 0 Å². The van der Waals surface area contributed by atoms with Crippen molar-refractivity contribution in [1.29, 1.82) is 0 Å². The Morgan fingerprint density at radius 2 is 2.10 bits per heavy atom. The minimum absolute atomic E-state index is 0.00483. The van der Waals surface area contributed by atoms with Crippen LogP contribution in [0.25, 0.3) is 0 Å². The van der Waals surface area contributed by atoms with Gasteiger partial charge in [0.15, 0.2) is 5.78 Å². The number of carbonyl (C=O) groups is 1. The highest BCUT2D eigenvalue weighted by atomic mass is 79.9. The van der Waals surface area contributed by atoms with Crippen molar-refractivity contribution in [3.8, 4) is 0 Å². The van der Waals surface area contributed by atoms with Gasteiger partial charge in [0.1, 0.15) is 0 Å². The van der Waals surface area contributed by atoms with E-state index in [0.29, 0.717) is 22.2 Å². The molecule has 0 aliphatic carbocycles. The Bertz CT molecular complexity index is 659. The van der Waals surface area contributed by atoms with Gasteiger partial charge in [-0.05, 0) is 54.2 Å². The first-order valence-corrected chi connectivity index (χ1v) is 8.73. The van der Waals surface area contributed by atoms with Crippen LogP contribution in [0.4, 0.5) is 0 Å². The van der Waals surface area contributed by atoms with Crippen LogP contribution in [-0.2, 0) is 6.54 Å². The number of thiophene rings is 1. The summed E-state index contributed by atoms with van der Waals surface area (Å²) in [7, 11) is 1.93. The predicted molar refractivity (Wildman–Crippen MR) is 93.7 cm³/mol. The Balaban J connectivity index is 2.11. The molecule has 0 bridgehead atoms. The van der Waals surface area contributed by atoms with Gasteiger partial charge in [-0.2, -0.15) is 0 Å². The number of ketones is 1. The SMILES string of the molecule is CC(C(=O)c1ccc(Cl)cc1Cl)N(C)Cc1cc(Br)cs1. The number of likely N-dealkylation sites (N-methyl/N-ethyl adjacent to an activating group) is 1. The minimum atomic E-state index is -0.260. The zero-order valence-corrected chi connectivity index (χ0v) is 15.5. The van der Waals surface area contributed by atoms with E-state index in [-0.39, 0.29) is 11.8 Å². The van der Waals surface area contributed by atoms with Crippen molar-refractivity contribution in [1.82, 2.24) is 4.90 Å². The third-order valence-corrected chi connectivity index (χ3v) is 5.49. The molecule has 1 aromatic carbocycles. The molecule has 1 heterocycles. The lowest BCUT2D eigenvalue weighted by molar-refractivity contribution is 0.0863. The molecule has 1 atom stereocenters. The number of carbonyl (C=O) groups excluding carboxylic acids is 1. The van der Waals surface area contributed by atoms with Crippen LogP contribution in [0.1, 0.15) is 22.2 Å². The van der Waals surface area contributed by atoms with Crippen LogP contribution in [0.5, 0.6) is 0 Å². The van der Waals surface area contributed by atoms with Crippen molar-refractivity contribution in [3.05, 3.63) is 54.6 Å². The molecule has 0 radical (unpaired) electrons. The normalized spacial score (nSPS) is 12.7. The Morgan fingerprint density at radius 1 is 1.38 bits per heavy atom. The number of hydrogen-bond acceptors (Lipinski definition) is 3. The first-order valence-electron chi connectivity index (χ1n) is 6.31. The number of Topliss-reactive ketones (excluding diaryl/α,β-unsaturated/α-hetero) is 1. The Morgan fingerprint density at radius 3 is 2.67 bits per heavy atom. The Labute approximate surface area is 146 Å². The summed E-state index contributed by atoms with van der Waals surface area (Å²) in [4.78, 5) is 15.7. The van der Waals surface area contributed by atoms with Crippen molar-refractivity contribution in [2.45, 2.75) is 19.5 Å². The molecule has 2 rings (SSSR count). The molecule has 1 aromatic heterocycles. The average Bonchev–Trinajstić information content (AvgIpc) is 2.82. The van der Waals surface area contributed by atoms with E-state index in [1.807, 2.05) is 24.3 Å². The number of nitrogens with zero attached hydrogens (tertiary/aromatic N) is 1. The van der Waals surface area contributed by atoms with E-state index in [0.717, 1.165) is 4.47 Å². The van der Waals surface area contributed by atoms with Gasteiger partial charge in [-0.3, -0.25) is 9.69 Å². The van der Waals surface area contributed by atoms with E-state index < -0.39 is 0 Å². The molecule has 0 saturated heterocycles. The summed E-state index contributed by atoms with van der Waals surface area (Å²) < 4.78 is 1.07. The molecule has 6 heteroatoms. The van der Waals surface area contributed by atoms with Crippen LogP contribution in [0.15, 0.2) is 34.1 Å². The van der Waals surface area contributed by atoms with Crippen LogP contribution in [-0.4, -0.2) is 23.8 Å². The average molecular weight is 407 g/mol. The summed E-state index contributed by atoms with van der Waals surface area (Å²) in [6, 6.07) is 6.76. The maximum absolute atomic E-state index is 12.5. The summed E-state index contributed by atoms with van der Waals surface area (Å²) in [5.74, 6) is -0.00483. The maximum Gasteiger partial charge on any atom is 0.181 e. The summed E-state index contributed by atoms with van der Waals surface area (Å²) in [6.07, 6.45) is 0. The monoisotopic (exact) mass is 405 g/mol. The van der Waals surface area contributed by atoms with E-state index in [1.165, 1.54) is 4.88 Å². The minimum Gasteiger partial charge on any atom is -0.292 e. The van der Waals surface area contributed by atoms with Crippen LogP contribution < -0.4 is 0 Å². The molecule has 112 valence electrons. The standard InChI is InChI=1S/C15H14BrCl2NOS/c1-9(19(2)7-12-5-10(16)8-21-12)15(20)13-4-3-11(17)6-14(13)18/h3-6,8-9H,7H2,1-2H3. The molecule has 2 nitrogen and oxygen atoms in total. The number of rotatable bonds is 5. The lowest BCUT2D eigenvalue weighted by Crippen LogP contribution is -2.35. The van der Waals surface area contributed by atoms with Crippen molar-refractivity contribution < 1.29 is 4.79 Å². The van der Waals surface area contributed by atoms with E-state index in [9.17, 15) is 4.79 Å². The second kappa shape index (κ2) is 7.25. The van der Waals surface area contributed by atoms with Gasteiger partial charge < -0.3 is 0 Å². The van der Waals surface area contributed by atoms with Crippen LogP contribution in [0, 0.1) is 0 Å². The van der Waals surface area contributed by atoms with Gasteiger partial charge in [-0.15, -0.1) is 11.3 Å². The molecular formula is C15H14BrCl2NOS. The fraction of sp³-hybridized carbons (Fsp3) is 0.267. The number of halogens is 3. The summed E-state index contributed by atoms with van der Waals surface area (Å²) in [5, 5.41) is 2.96. The second-order valence-electron chi connectivity index (χ2n) is 4.81. The maximum atomic E-state index is 12.5. The lowest BCUT2D eigenvalue weighted by atomic mass is 10.0. The highest BCUT2D eigenvalue weighted by Gasteiger charge is 2.22. The van der Waals surface area contributed by atoms with Gasteiger partial charge in [0.25, 0.3) is 0 Å². The first-order chi connectivity index (χ1) is 9.88. The quantitative estimate of drug-likeness (QED) is 0.609.